The molecule has 2 bridgehead atoms. The SMILES string of the molecule is CCC(C)=COC12CCC(CC1)C2. The Hall–Kier alpha value is -0.460. The molecule has 2 rings (SSSR count). The Morgan fingerprint density at radius 1 is 1.46 bits per heavy atom. The van der Waals surface area contributed by atoms with Crippen LogP contribution in [0.5, 0.6) is 0 Å². The third kappa shape index (κ3) is 1.74. The molecule has 2 saturated carbocycles. The maximum absolute atomic E-state index is 5.97. The first-order valence-corrected chi connectivity index (χ1v) is 5.57. The minimum atomic E-state index is 0.265. The van der Waals surface area contributed by atoms with E-state index in [1.54, 1.807) is 0 Å². The third-order valence-electron chi connectivity index (χ3n) is 3.74. The average molecular weight is 180 g/mol. The maximum Gasteiger partial charge on any atom is 0.108 e. The van der Waals surface area contributed by atoms with Gasteiger partial charge in [-0.3, -0.25) is 0 Å². The van der Waals surface area contributed by atoms with Crippen LogP contribution in [0.25, 0.3) is 0 Å². The lowest BCUT2D eigenvalue weighted by Crippen LogP contribution is -2.24. The molecule has 0 amide bonds. The van der Waals surface area contributed by atoms with E-state index in [9.17, 15) is 0 Å². The molecule has 0 saturated heterocycles. The van der Waals surface area contributed by atoms with Crippen molar-refractivity contribution in [1.82, 2.24) is 0 Å². The Bertz CT molecular complexity index is 209. The number of hydrogen-bond donors (Lipinski definition) is 0. The monoisotopic (exact) mass is 180 g/mol. The molecular formula is C12H20O. The standard InChI is InChI=1S/C12H20O/c1-3-10(2)9-13-12-6-4-11(8-12)5-7-12/h9,11H,3-8H2,1-2H3. The number of allylic oxidation sites excluding steroid dienone is 1. The second-order valence-electron chi connectivity index (χ2n) is 4.77. The molecule has 0 aliphatic heterocycles. The van der Waals surface area contributed by atoms with Gasteiger partial charge in [-0.25, -0.2) is 0 Å². The van der Waals surface area contributed by atoms with Crippen LogP contribution < -0.4 is 0 Å². The minimum absolute atomic E-state index is 0.265. The molecule has 2 fully saturated rings. The Balaban J connectivity index is 1.94. The predicted octanol–water partition coefficient (Wildman–Crippen LogP) is 3.65. The molecule has 1 nitrogen and oxygen atoms in total. The number of ether oxygens (including phenoxy) is 1. The van der Waals surface area contributed by atoms with Gasteiger partial charge in [0.1, 0.15) is 5.60 Å². The smallest absolute Gasteiger partial charge is 0.108 e. The summed E-state index contributed by atoms with van der Waals surface area (Å²) < 4.78 is 5.97. The fourth-order valence-corrected chi connectivity index (χ4v) is 2.61. The van der Waals surface area contributed by atoms with Crippen molar-refractivity contribution in [3.63, 3.8) is 0 Å². The number of rotatable bonds is 3. The van der Waals surface area contributed by atoms with Gasteiger partial charge in [0, 0.05) is 0 Å². The summed E-state index contributed by atoms with van der Waals surface area (Å²) in [6.45, 7) is 4.33. The van der Waals surface area contributed by atoms with Crippen molar-refractivity contribution in [3.05, 3.63) is 11.8 Å². The summed E-state index contributed by atoms with van der Waals surface area (Å²) in [7, 11) is 0. The predicted molar refractivity (Wildman–Crippen MR) is 54.4 cm³/mol. The second-order valence-corrected chi connectivity index (χ2v) is 4.77. The van der Waals surface area contributed by atoms with Crippen LogP contribution in [-0.2, 0) is 4.74 Å². The van der Waals surface area contributed by atoms with Crippen molar-refractivity contribution in [3.8, 4) is 0 Å². The van der Waals surface area contributed by atoms with Gasteiger partial charge in [0.15, 0.2) is 0 Å². The second kappa shape index (κ2) is 3.36. The summed E-state index contributed by atoms with van der Waals surface area (Å²) in [5.41, 5.74) is 1.63. The van der Waals surface area contributed by atoms with Gasteiger partial charge in [-0.15, -0.1) is 0 Å². The van der Waals surface area contributed by atoms with Gasteiger partial charge in [0.25, 0.3) is 0 Å². The first-order chi connectivity index (χ1) is 6.24. The van der Waals surface area contributed by atoms with E-state index in [-0.39, 0.29) is 5.60 Å². The highest BCUT2D eigenvalue weighted by Gasteiger charge is 2.46. The summed E-state index contributed by atoms with van der Waals surface area (Å²) in [5, 5.41) is 0. The molecular weight excluding hydrogens is 160 g/mol. The number of hydrogen-bond acceptors (Lipinski definition) is 1. The fourth-order valence-electron chi connectivity index (χ4n) is 2.61. The van der Waals surface area contributed by atoms with Crippen LogP contribution in [0.15, 0.2) is 11.8 Å². The first kappa shape index (κ1) is 9.11. The summed E-state index contributed by atoms with van der Waals surface area (Å²) in [6.07, 6.45) is 9.84. The van der Waals surface area contributed by atoms with E-state index in [0.29, 0.717) is 0 Å². The zero-order chi connectivity index (χ0) is 9.31. The van der Waals surface area contributed by atoms with E-state index in [1.165, 1.54) is 37.7 Å². The van der Waals surface area contributed by atoms with Gasteiger partial charge in [0.05, 0.1) is 6.26 Å². The van der Waals surface area contributed by atoms with E-state index in [0.717, 1.165) is 12.3 Å². The van der Waals surface area contributed by atoms with Crippen molar-refractivity contribution in [2.75, 3.05) is 0 Å². The quantitative estimate of drug-likeness (QED) is 0.602. The van der Waals surface area contributed by atoms with Crippen LogP contribution in [0.4, 0.5) is 0 Å². The zero-order valence-corrected chi connectivity index (χ0v) is 8.81. The Kier molecular flexibility index (Phi) is 2.35. The lowest BCUT2D eigenvalue weighted by Gasteiger charge is -2.26. The molecule has 0 aromatic carbocycles. The van der Waals surface area contributed by atoms with E-state index in [1.807, 2.05) is 6.26 Å². The topological polar surface area (TPSA) is 9.23 Å². The molecule has 0 aromatic heterocycles. The van der Waals surface area contributed by atoms with E-state index in [4.69, 9.17) is 4.74 Å². The summed E-state index contributed by atoms with van der Waals surface area (Å²) in [4.78, 5) is 0. The van der Waals surface area contributed by atoms with Crippen molar-refractivity contribution in [1.29, 1.82) is 0 Å². The molecule has 2 aliphatic carbocycles. The van der Waals surface area contributed by atoms with Crippen LogP contribution in [-0.4, -0.2) is 5.60 Å². The van der Waals surface area contributed by atoms with Crippen molar-refractivity contribution >= 4 is 0 Å². The minimum Gasteiger partial charge on any atom is -0.495 e. The van der Waals surface area contributed by atoms with Crippen LogP contribution in [0, 0.1) is 5.92 Å². The molecule has 0 heterocycles. The normalized spacial score (nSPS) is 38.3. The largest absolute Gasteiger partial charge is 0.495 e. The molecule has 0 atom stereocenters. The lowest BCUT2D eigenvalue weighted by atomic mass is 9.97. The highest BCUT2D eigenvalue weighted by molar-refractivity contribution is 5.01. The molecule has 0 radical (unpaired) electrons. The van der Waals surface area contributed by atoms with Crippen molar-refractivity contribution in [2.24, 2.45) is 5.92 Å². The van der Waals surface area contributed by atoms with Gasteiger partial charge in [0.2, 0.25) is 0 Å². The molecule has 1 heteroatoms. The van der Waals surface area contributed by atoms with Crippen LogP contribution in [0.3, 0.4) is 0 Å². The van der Waals surface area contributed by atoms with Crippen molar-refractivity contribution in [2.45, 2.75) is 58.0 Å². The van der Waals surface area contributed by atoms with Crippen LogP contribution in [0.1, 0.15) is 52.4 Å². The maximum atomic E-state index is 5.97. The molecule has 0 spiro atoms. The Morgan fingerprint density at radius 2 is 2.15 bits per heavy atom. The third-order valence-corrected chi connectivity index (χ3v) is 3.74. The van der Waals surface area contributed by atoms with Crippen LogP contribution in [0.2, 0.25) is 0 Å². The van der Waals surface area contributed by atoms with Gasteiger partial charge in [-0.2, -0.15) is 0 Å². The summed E-state index contributed by atoms with van der Waals surface area (Å²) in [5.74, 6) is 0.982. The summed E-state index contributed by atoms with van der Waals surface area (Å²) in [6, 6.07) is 0. The molecule has 0 N–H and O–H groups in total. The van der Waals surface area contributed by atoms with E-state index < -0.39 is 0 Å². The fraction of sp³-hybridized carbons (Fsp3) is 0.833. The molecule has 74 valence electrons. The lowest BCUT2D eigenvalue weighted by molar-refractivity contribution is 0.0307. The van der Waals surface area contributed by atoms with Gasteiger partial charge >= 0.3 is 0 Å². The van der Waals surface area contributed by atoms with Gasteiger partial charge in [-0.1, -0.05) is 6.92 Å². The van der Waals surface area contributed by atoms with Gasteiger partial charge < -0.3 is 4.74 Å². The molecule has 0 aromatic rings. The molecule has 2 aliphatic rings. The molecule has 0 unspecified atom stereocenters. The van der Waals surface area contributed by atoms with E-state index in [2.05, 4.69) is 13.8 Å². The Morgan fingerprint density at radius 3 is 2.62 bits per heavy atom. The van der Waals surface area contributed by atoms with E-state index >= 15 is 0 Å². The number of fused-ring (bicyclic) bond motifs is 2. The highest BCUT2D eigenvalue weighted by atomic mass is 16.5. The highest BCUT2D eigenvalue weighted by Crippen LogP contribution is 2.50. The van der Waals surface area contributed by atoms with Crippen molar-refractivity contribution < 1.29 is 4.74 Å². The average Bonchev–Trinajstić information content (AvgIpc) is 2.74. The van der Waals surface area contributed by atoms with Gasteiger partial charge in [-0.05, 0) is 56.9 Å². The summed E-state index contributed by atoms with van der Waals surface area (Å²) >= 11 is 0. The first-order valence-electron chi connectivity index (χ1n) is 5.57. The zero-order valence-electron chi connectivity index (χ0n) is 8.81. The molecule has 13 heavy (non-hydrogen) atoms. The van der Waals surface area contributed by atoms with Crippen LogP contribution >= 0.6 is 0 Å². The Labute approximate surface area is 81.2 Å².